The zero-order valence-electron chi connectivity index (χ0n) is 20.2. The number of ether oxygens (including phenoxy) is 1. The van der Waals surface area contributed by atoms with Crippen LogP contribution in [-0.2, 0) is 19.1 Å². The number of esters is 1. The minimum absolute atomic E-state index is 0.0134. The Hall–Kier alpha value is -1.73. The largest absolute Gasteiger partial charge is 0.481 e. The number of carboxylic acid groups (broad SMARTS) is 1. The molecule has 33 heavy (non-hydrogen) atoms. The quantitative estimate of drug-likeness (QED) is 0.536. The van der Waals surface area contributed by atoms with Gasteiger partial charge in [0, 0.05) is 12.8 Å². The summed E-state index contributed by atoms with van der Waals surface area (Å²) >= 11 is 0. The molecular weight excluding hydrogens is 424 g/mol. The van der Waals surface area contributed by atoms with Crippen LogP contribution in [0.25, 0.3) is 0 Å². The Bertz CT molecular complexity index is 878. The van der Waals surface area contributed by atoms with Gasteiger partial charge in [0.05, 0.1) is 23.7 Å². The topological polar surface area (TPSA) is 121 Å². The van der Waals surface area contributed by atoms with E-state index in [1.54, 1.807) is 19.9 Å². The summed E-state index contributed by atoms with van der Waals surface area (Å²) in [4.78, 5) is 36.9. The monoisotopic (exact) mass is 462 g/mol. The highest BCUT2D eigenvalue weighted by Crippen LogP contribution is 2.69. The summed E-state index contributed by atoms with van der Waals surface area (Å²) in [6.07, 6.45) is 3.97. The maximum Gasteiger partial charge on any atom is 0.312 e. The standard InChI is InChI=1S/C26H38O7/c1-14(2)33-23(31)21-20-16(24(3)9-5-15(27)13-18(24)22(21)30)6-10-25(4)17(20)7-11-26(25,32)12-8-19(28)29/h13-14,16-17,20-22,30,32H,5-12H2,1-4H3,(H,28,29)/t16-,17-,20+,21-,22-,24+,25-,26+/m0/s1. The van der Waals surface area contributed by atoms with Crippen LogP contribution in [0.4, 0.5) is 0 Å². The van der Waals surface area contributed by atoms with Gasteiger partial charge in [-0.3, -0.25) is 14.4 Å². The summed E-state index contributed by atoms with van der Waals surface area (Å²) in [6.45, 7) is 7.72. The number of carboxylic acids is 1. The number of ketones is 1. The molecule has 0 aliphatic heterocycles. The fourth-order valence-corrected chi connectivity index (χ4v) is 8.04. The van der Waals surface area contributed by atoms with E-state index in [2.05, 4.69) is 6.92 Å². The minimum atomic E-state index is -1.11. The van der Waals surface area contributed by atoms with Gasteiger partial charge in [-0.15, -0.1) is 0 Å². The Morgan fingerprint density at radius 2 is 1.82 bits per heavy atom. The van der Waals surface area contributed by atoms with E-state index in [0.717, 1.165) is 12.8 Å². The number of rotatable bonds is 5. The minimum Gasteiger partial charge on any atom is -0.481 e. The van der Waals surface area contributed by atoms with E-state index in [1.807, 2.05) is 6.92 Å². The molecule has 0 aromatic rings. The summed E-state index contributed by atoms with van der Waals surface area (Å²) in [6, 6.07) is 0. The van der Waals surface area contributed by atoms with Gasteiger partial charge in [-0.1, -0.05) is 13.8 Å². The Morgan fingerprint density at radius 3 is 2.45 bits per heavy atom. The van der Waals surface area contributed by atoms with E-state index >= 15 is 0 Å². The molecule has 3 N–H and O–H groups in total. The van der Waals surface area contributed by atoms with Gasteiger partial charge in [-0.2, -0.15) is 0 Å². The lowest BCUT2D eigenvalue weighted by molar-refractivity contribution is -0.185. The van der Waals surface area contributed by atoms with Gasteiger partial charge in [0.2, 0.25) is 0 Å². The SMILES string of the molecule is CC(C)OC(=O)[C@H]1[C@@H]2[C@H](CC[C@@]3(C)[C@H]2CC[C@@]3(O)CCC(=O)O)[C@@]2(C)CCC(=O)C=C2[C@@H]1O. The van der Waals surface area contributed by atoms with Crippen molar-refractivity contribution in [2.45, 2.75) is 96.9 Å². The molecule has 4 rings (SSSR count). The molecule has 0 unspecified atom stereocenters. The Kier molecular flexibility index (Phi) is 6.06. The van der Waals surface area contributed by atoms with Gasteiger partial charge in [0.15, 0.2) is 5.78 Å². The molecule has 3 fully saturated rings. The second kappa shape index (κ2) is 8.19. The molecule has 0 heterocycles. The fraction of sp³-hybridized carbons (Fsp3) is 0.808. The Morgan fingerprint density at radius 1 is 1.15 bits per heavy atom. The third kappa shape index (κ3) is 3.66. The number of aliphatic hydroxyl groups excluding tert-OH is 1. The second-order valence-corrected chi connectivity index (χ2v) is 11.7. The molecule has 0 radical (unpaired) electrons. The van der Waals surface area contributed by atoms with Crippen LogP contribution >= 0.6 is 0 Å². The predicted octanol–water partition coefficient (Wildman–Crippen LogP) is 3.26. The maximum absolute atomic E-state index is 13.4. The number of carbonyl (C=O) groups excluding carboxylic acids is 2. The smallest absolute Gasteiger partial charge is 0.312 e. The van der Waals surface area contributed by atoms with Gasteiger partial charge < -0.3 is 20.1 Å². The summed E-state index contributed by atoms with van der Waals surface area (Å²) in [5.74, 6) is -2.33. The second-order valence-electron chi connectivity index (χ2n) is 11.7. The Balaban J connectivity index is 1.78. The average molecular weight is 463 g/mol. The normalized spacial score (nSPS) is 44.5. The molecule has 0 spiro atoms. The van der Waals surface area contributed by atoms with Crippen LogP contribution in [-0.4, -0.2) is 50.9 Å². The van der Waals surface area contributed by atoms with Gasteiger partial charge in [0.25, 0.3) is 0 Å². The van der Waals surface area contributed by atoms with E-state index in [9.17, 15) is 29.7 Å². The molecule has 7 heteroatoms. The average Bonchev–Trinajstić information content (AvgIpc) is 2.99. The van der Waals surface area contributed by atoms with Crippen molar-refractivity contribution < 1.29 is 34.4 Å². The van der Waals surface area contributed by atoms with Crippen molar-refractivity contribution in [3.8, 4) is 0 Å². The van der Waals surface area contributed by atoms with Crippen molar-refractivity contribution in [3.63, 3.8) is 0 Å². The first-order chi connectivity index (χ1) is 15.3. The van der Waals surface area contributed by atoms with E-state index in [1.165, 1.54) is 0 Å². The lowest BCUT2D eigenvalue weighted by Crippen LogP contribution is -2.61. The van der Waals surface area contributed by atoms with Crippen molar-refractivity contribution in [2.24, 2.45) is 34.5 Å². The lowest BCUT2D eigenvalue weighted by Gasteiger charge is -2.61. The highest BCUT2D eigenvalue weighted by molar-refractivity contribution is 5.92. The van der Waals surface area contributed by atoms with E-state index in [0.29, 0.717) is 31.3 Å². The van der Waals surface area contributed by atoms with Crippen molar-refractivity contribution >= 4 is 17.7 Å². The fourth-order valence-electron chi connectivity index (χ4n) is 8.04. The van der Waals surface area contributed by atoms with Crippen molar-refractivity contribution in [3.05, 3.63) is 11.6 Å². The first kappa shape index (κ1) is 24.4. The first-order valence-corrected chi connectivity index (χ1v) is 12.4. The molecule has 0 aromatic carbocycles. The number of carbonyl (C=O) groups is 3. The zero-order chi connectivity index (χ0) is 24.3. The van der Waals surface area contributed by atoms with Gasteiger partial charge >= 0.3 is 11.9 Å². The summed E-state index contributed by atoms with van der Waals surface area (Å²) in [5.41, 5.74) is -1.37. The van der Waals surface area contributed by atoms with E-state index in [4.69, 9.17) is 4.74 Å². The van der Waals surface area contributed by atoms with Gasteiger partial charge in [0.1, 0.15) is 0 Å². The number of aliphatic carboxylic acids is 1. The van der Waals surface area contributed by atoms with E-state index in [-0.39, 0.29) is 47.9 Å². The molecule has 0 saturated heterocycles. The van der Waals surface area contributed by atoms with Crippen molar-refractivity contribution in [2.75, 3.05) is 0 Å². The molecule has 4 aliphatic carbocycles. The number of fused-ring (bicyclic) bond motifs is 5. The molecule has 0 bridgehead atoms. The molecule has 3 saturated carbocycles. The first-order valence-electron chi connectivity index (χ1n) is 12.4. The molecule has 8 atom stereocenters. The van der Waals surface area contributed by atoms with Crippen LogP contribution in [0.5, 0.6) is 0 Å². The molecule has 0 amide bonds. The number of aliphatic hydroxyl groups is 2. The van der Waals surface area contributed by atoms with Crippen LogP contribution in [0.1, 0.15) is 79.1 Å². The van der Waals surface area contributed by atoms with Crippen LogP contribution < -0.4 is 0 Å². The molecular formula is C26H38O7. The van der Waals surface area contributed by atoms with Gasteiger partial charge in [-0.25, -0.2) is 0 Å². The van der Waals surface area contributed by atoms with Gasteiger partial charge in [-0.05, 0) is 92.6 Å². The van der Waals surface area contributed by atoms with Crippen LogP contribution in [0.3, 0.4) is 0 Å². The predicted molar refractivity (Wildman–Crippen MR) is 120 cm³/mol. The Labute approximate surface area is 195 Å². The molecule has 184 valence electrons. The van der Waals surface area contributed by atoms with E-state index < -0.39 is 35.0 Å². The zero-order valence-corrected chi connectivity index (χ0v) is 20.2. The summed E-state index contributed by atoms with van der Waals surface area (Å²) in [7, 11) is 0. The number of hydrogen-bond donors (Lipinski definition) is 3. The maximum atomic E-state index is 13.4. The highest BCUT2D eigenvalue weighted by atomic mass is 16.5. The third-order valence-electron chi connectivity index (χ3n) is 9.79. The summed E-state index contributed by atoms with van der Waals surface area (Å²) in [5, 5.41) is 32.4. The highest BCUT2D eigenvalue weighted by Gasteiger charge is 2.68. The van der Waals surface area contributed by atoms with Crippen molar-refractivity contribution in [1.29, 1.82) is 0 Å². The summed E-state index contributed by atoms with van der Waals surface area (Å²) < 4.78 is 5.61. The van der Waals surface area contributed by atoms with Crippen LogP contribution in [0, 0.1) is 34.5 Å². The molecule has 7 nitrogen and oxygen atoms in total. The third-order valence-corrected chi connectivity index (χ3v) is 9.79. The van der Waals surface area contributed by atoms with Crippen molar-refractivity contribution in [1.82, 2.24) is 0 Å². The number of hydrogen-bond acceptors (Lipinski definition) is 6. The molecule has 4 aliphatic rings. The van der Waals surface area contributed by atoms with Crippen LogP contribution in [0.15, 0.2) is 11.6 Å². The molecule has 0 aromatic heterocycles. The lowest BCUT2D eigenvalue weighted by atomic mass is 9.43. The van der Waals surface area contributed by atoms with Crippen LogP contribution in [0.2, 0.25) is 0 Å².